The van der Waals surface area contributed by atoms with Crippen molar-refractivity contribution in [2.24, 2.45) is 0 Å². The van der Waals surface area contributed by atoms with Gasteiger partial charge in [0, 0.05) is 38.3 Å². The Morgan fingerprint density at radius 2 is 0.964 bits per heavy atom. The predicted octanol–water partition coefficient (Wildman–Crippen LogP) is 3.41. The lowest BCUT2D eigenvalue weighted by Crippen LogP contribution is -2.13. The number of nitrogens with one attached hydrogen (secondary N) is 2. The maximum absolute atomic E-state index is 9.00. The van der Waals surface area contributed by atoms with Crippen LogP contribution in [-0.4, -0.2) is 49.5 Å². The summed E-state index contributed by atoms with van der Waals surface area (Å²) >= 11 is 0. The highest BCUT2D eigenvalue weighted by molar-refractivity contribution is 5.63. The second kappa shape index (κ2) is 14.7. The van der Waals surface area contributed by atoms with Crippen molar-refractivity contribution >= 4 is 23.3 Å². The maximum Gasteiger partial charge on any atom is 0.300 e. The molecule has 0 fully saturated rings. The van der Waals surface area contributed by atoms with Crippen LogP contribution in [-0.2, 0) is 9.59 Å². The first-order valence-electron chi connectivity index (χ1n) is 8.43. The first kappa shape index (κ1) is 24.6. The van der Waals surface area contributed by atoms with Crippen molar-refractivity contribution in [2.45, 2.75) is 13.8 Å². The van der Waals surface area contributed by atoms with Crippen LogP contribution in [0.4, 0.5) is 11.4 Å². The fraction of sp³-hybridized carbons (Fsp3) is 0.300. The number of carboxylic acids is 2. The summed E-state index contributed by atoms with van der Waals surface area (Å²) in [5.41, 5.74) is 2.17. The molecule has 0 saturated heterocycles. The lowest BCUT2D eigenvalue weighted by Gasteiger charge is -2.10. The van der Waals surface area contributed by atoms with E-state index in [4.69, 9.17) is 29.3 Å². The standard InChI is InChI=1S/C16H20N2O2.2C2H4O2/c1-19-15-7-3-13(4-8-15)17-11-12-18-14-5-9-16(20-2)10-6-14;2*1-2(3)4/h3-10,17-18H,11-12H2,1-2H3;2*1H3,(H,3,4). The third-order valence-electron chi connectivity index (χ3n) is 2.96. The monoisotopic (exact) mass is 392 g/mol. The summed E-state index contributed by atoms with van der Waals surface area (Å²) < 4.78 is 10.2. The molecule has 0 aliphatic rings. The van der Waals surface area contributed by atoms with E-state index in [-0.39, 0.29) is 0 Å². The maximum atomic E-state index is 9.00. The number of hydrogen-bond donors (Lipinski definition) is 4. The Labute approximate surface area is 165 Å². The zero-order valence-electron chi connectivity index (χ0n) is 16.6. The molecule has 8 heteroatoms. The third-order valence-corrected chi connectivity index (χ3v) is 2.96. The van der Waals surface area contributed by atoms with Gasteiger partial charge in [0.1, 0.15) is 11.5 Å². The second-order valence-corrected chi connectivity index (χ2v) is 5.35. The molecule has 0 saturated carbocycles. The Bertz CT molecular complexity index is 617. The molecular formula is C20H28N2O6. The van der Waals surface area contributed by atoms with Gasteiger partial charge in [-0.2, -0.15) is 0 Å². The van der Waals surface area contributed by atoms with Gasteiger partial charge in [0.05, 0.1) is 14.2 Å². The zero-order valence-corrected chi connectivity index (χ0v) is 16.6. The summed E-state index contributed by atoms with van der Waals surface area (Å²) in [6, 6.07) is 15.8. The first-order chi connectivity index (χ1) is 13.3. The number of ether oxygens (including phenoxy) is 2. The van der Waals surface area contributed by atoms with Crippen LogP contribution in [0.5, 0.6) is 11.5 Å². The molecule has 154 valence electrons. The molecule has 0 radical (unpaired) electrons. The highest BCUT2D eigenvalue weighted by Crippen LogP contribution is 2.16. The highest BCUT2D eigenvalue weighted by Gasteiger charge is 1.95. The summed E-state index contributed by atoms with van der Waals surface area (Å²) in [7, 11) is 3.34. The van der Waals surface area contributed by atoms with Gasteiger partial charge in [-0.05, 0) is 48.5 Å². The van der Waals surface area contributed by atoms with Crippen LogP contribution in [0.3, 0.4) is 0 Å². The molecule has 4 N–H and O–H groups in total. The first-order valence-corrected chi connectivity index (χ1v) is 8.43. The lowest BCUT2D eigenvalue weighted by atomic mass is 10.3. The van der Waals surface area contributed by atoms with E-state index in [2.05, 4.69) is 10.6 Å². The van der Waals surface area contributed by atoms with E-state index in [0.717, 1.165) is 49.8 Å². The molecule has 0 bridgehead atoms. The van der Waals surface area contributed by atoms with E-state index in [1.807, 2.05) is 48.5 Å². The molecule has 2 rings (SSSR count). The number of anilines is 2. The van der Waals surface area contributed by atoms with Crippen molar-refractivity contribution in [1.82, 2.24) is 0 Å². The summed E-state index contributed by atoms with van der Waals surface area (Å²) in [5.74, 6) is 0.0683. The zero-order chi connectivity index (χ0) is 21.4. The lowest BCUT2D eigenvalue weighted by molar-refractivity contribution is -0.135. The van der Waals surface area contributed by atoms with Crippen molar-refractivity contribution in [3.8, 4) is 11.5 Å². The van der Waals surface area contributed by atoms with Gasteiger partial charge in [-0.3, -0.25) is 9.59 Å². The molecule has 0 unspecified atom stereocenters. The normalized spacial score (nSPS) is 8.86. The average Bonchev–Trinajstić information content (AvgIpc) is 2.65. The van der Waals surface area contributed by atoms with Gasteiger partial charge in [-0.1, -0.05) is 0 Å². The number of hydrogen-bond acceptors (Lipinski definition) is 6. The number of carboxylic acid groups (broad SMARTS) is 2. The van der Waals surface area contributed by atoms with Crippen LogP contribution in [0.1, 0.15) is 13.8 Å². The molecular weight excluding hydrogens is 364 g/mol. The van der Waals surface area contributed by atoms with Crippen LogP contribution >= 0.6 is 0 Å². The van der Waals surface area contributed by atoms with Crippen molar-refractivity contribution in [2.75, 3.05) is 37.9 Å². The summed E-state index contributed by atoms with van der Waals surface area (Å²) in [6.07, 6.45) is 0. The van der Waals surface area contributed by atoms with Crippen LogP contribution in [0.15, 0.2) is 48.5 Å². The molecule has 2 aromatic carbocycles. The Morgan fingerprint density at radius 1 is 0.714 bits per heavy atom. The molecule has 0 heterocycles. The number of carbonyl (C=O) groups is 2. The molecule has 8 nitrogen and oxygen atoms in total. The smallest absolute Gasteiger partial charge is 0.300 e. The van der Waals surface area contributed by atoms with E-state index in [1.54, 1.807) is 14.2 Å². The van der Waals surface area contributed by atoms with Gasteiger partial charge >= 0.3 is 0 Å². The molecule has 2 aromatic rings. The van der Waals surface area contributed by atoms with Crippen molar-refractivity contribution in [3.05, 3.63) is 48.5 Å². The van der Waals surface area contributed by atoms with Gasteiger partial charge in [0.25, 0.3) is 11.9 Å². The van der Waals surface area contributed by atoms with Crippen molar-refractivity contribution in [3.63, 3.8) is 0 Å². The topological polar surface area (TPSA) is 117 Å². The number of rotatable bonds is 7. The molecule has 0 aromatic heterocycles. The number of benzene rings is 2. The van der Waals surface area contributed by atoms with E-state index in [0.29, 0.717) is 0 Å². The molecule has 0 atom stereocenters. The predicted molar refractivity (Wildman–Crippen MR) is 110 cm³/mol. The van der Waals surface area contributed by atoms with E-state index < -0.39 is 11.9 Å². The summed E-state index contributed by atoms with van der Waals surface area (Å²) in [6.45, 7) is 3.86. The van der Waals surface area contributed by atoms with Crippen LogP contribution in [0.2, 0.25) is 0 Å². The summed E-state index contributed by atoms with van der Waals surface area (Å²) in [5, 5.41) is 21.5. The molecule has 28 heavy (non-hydrogen) atoms. The Kier molecular flexibility index (Phi) is 12.9. The van der Waals surface area contributed by atoms with E-state index in [1.165, 1.54) is 0 Å². The second-order valence-electron chi connectivity index (χ2n) is 5.35. The van der Waals surface area contributed by atoms with E-state index in [9.17, 15) is 0 Å². The Hall–Kier alpha value is -3.42. The summed E-state index contributed by atoms with van der Waals surface area (Å²) in [4.78, 5) is 18.0. The van der Waals surface area contributed by atoms with E-state index >= 15 is 0 Å². The van der Waals surface area contributed by atoms with Crippen LogP contribution in [0, 0.1) is 0 Å². The van der Waals surface area contributed by atoms with Crippen molar-refractivity contribution in [1.29, 1.82) is 0 Å². The Morgan fingerprint density at radius 3 is 1.18 bits per heavy atom. The Balaban J connectivity index is 0.000000776. The van der Waals surface area contributed by atoms with Crippen LogP contribution < -0.4 is 20.1 Å². The molecule has 0 aliphatic heterocycles. The quantitative estimate of drug-likeness (QED) is 0.530. The fourth-order valence-corrected chi connectivity index (χ4v) is 1.83. The highest BCUT2D eigenvalue weighted by atomic mass is 16.5. The minimum Gasteiger partial charge on any atom is -0.497 e. The van der Waals surface area contributed by atoms with Crippen molar-refractivity contribution < 1.29 is 29.3 Å². The largest absolute Gasteiger partial charge is 0.497 e. The average molecular weight is 392 g/mol. The minimum absolute atomic E-state index is 0.833. The third kappa shape index (κ3) is 13.8. The molecule has 0 amide bonds. The van der Waals surface area contributed by atoms with Gasteiger partial charge in [-0.15, -0.1) is 0 Å². The van der Waals surface area contributed by atoms with Gasteiger partial charge in [0.2, 0.25) is 0 Å². The molecule has 0 spiro atoms. The van der Waals surface area contributed by atoms with Crippen LogP contribution in [0.25, 0.3) is 0 Å². The van der Waals surface area contributed by atoms with Gasteiger partial charge in [0.15, 0.2) is 0 Å². The molecule has 0 aliphatic carbocycles. The van der Waals surface area contributed by atoms with Gasteiger partial charge in [-0.25, -0.2) is 0 Å². The van der Waals surface area contributed by atoms with Gasteiger partial charge < -0.3 is 30.3 Å². The fourth-order valence-electron chi connectivity index (χ4n) is 1.83. The minimum atomic E-state index is -0.833. The number of methoxy groups -OCH3 is 2. The SMILES string of the molecule is CC(=O)O.CC(=O)O.COc1ccc(NCCNc2ccc(OC)cc2)cc1. The number of aliphatic carboxylic acids is 2.